The molecule has 0 atom stereocenters. The van der Waals surface area contributed by atoms with Crippen LogP contribution >= 0.6 is 0 Å². The number of anilines is 1. The van der Waals surface area contributed by atoms with Gasteiger partial charge in [0.25, 0.3) is 0 Å². The van der Waals surface area contributed by atoms with Gasteiger partial charge in [-0.2, -0.15) is 5.10 Å². The maximum atomic E-state index is 4.58. The summed E-state index contributed by atoms with van der Waals surface area (Å²) in [6.07, 6.45) is 5.73. The van der Waals surface area contributed by atoms with Crippen LogP contribution in [0.5, 0.6) is 0 Å². The van der Waals surface area contributed by atoms with Gasteiger partial charge in [-0.15, -0.1) is 5.10 Å². The van der Waals surface area contributed by atoms with Crippen molar-refractivity contribution in [1.29, 1.82) is 0 Å². The molecule has 0 bridgehead atoms. The fraction of sp³-hybridized carbons (Fsp3) is 0.250. The lowest BCUT2D eigenvalue weighted by Crippen LogP contribution is -2.05. The van der Waals surface area contributed by atoms with Crippen LogP contribution in [0.4, 0.5) is 5.82 Å². The lowest BCUT2D eigenvalue weighted by molar-refractivity contribution is 0.828. The van der Waals surface area contributed by atoms with E-state index < -0.39 is 0 Å². The summed E-state index contributed by atoms with van der Waals surface area (Å²) in [5, 5.41) is 12.4. The number of hydrogen-bond acceptors (Lipinski definition) is 5. The summed E-state index contributed by atoms with van der Waals surface area (Å²) in [4.78, 5) is 9.03. The van der Waals surface area contributed by atoms with E-state index in [2.05, 4.69) is 32.4 Å². The van der Waals surface area contributed by atoms with Crippen LogP contribution in [0.2, 0.25) is 0 Å². The molecule has 2 aromatic heterocycles. The number of nitrogens with zero attached hydrogens (tertiary/aromatic N) is 4. The molecule has 106 valence electrons. The molecule has 1 N–H and O–H groups in total. The minimum atomic E-state index is 0.704. The van der Waals surface area contributed by atoms with Gasteiger partial charge in [0.2, 0.25) is 0 Å². The molecule has 0 amide bonds. The van der Waals surface area contributed by atoms with Gasteiger partial charge in [-0.05, 0) is 6.42 Å². The number of fused-ring (bicyclic) bond motifs is 1. The zero-order valence-electron chi connectivity index (χ0n) is 12.0. The smallest absolute Gasteiger partial charge is 0.159 e. The van der Waals surface area contributed by atoms with Crippen molar-refractivity contribution in [2.75, 3.05) is 11.9 Å². The third kappa shape index (κ3) is 2.97. The van der Waals surface area contributed by atoms with Crippen LogP contribution in [0.25, 0.3) is 22.3 Å². The maximum Gasteiger partial charge on any atom is 0.159 e. The van der Waals surface area contributed by atoms with Crippen molar-refractivity contribution < 1.29 is 0 Å². The largest absolute Gasteiger partial charge is 0.368 e. The molecule has 21 heavy (non-hydrogen) atoms. The molecule has 0 aliphatic heterocycles. The molecule has 0 spiro atoms. The molecule has 0 aliphatic carbocycles. The van der Waals surface area contributed by atoms with Crippen LogP contribution in [-0.4, -0.2) is 26.7 Å². The van der Waals surface area contributed by atoms with Crippen molar-refractivity contribution in [2.45, 2.75) is 19.8 Å². The standard InChI is InChI=1S/C16H17N5/c1-2-3-9-17-16-13-10-18-15(12-7-5-4-6-8-12)20-14(13)11-19-21-16/h4-8,10-11H,2-3,9H2,1H3,(H,17,21). The normalized spacial score (nSPS) is 10.7. The Kier molecular flexibility index (Phi) is 4.00. The van der Waals surface area contributed by atoms with Crippen LogP contribution in [0.1, 0.15) is 19.8 Å². The molecule has 0 radical (unpaired) electrons. The zero-order chi connectivity index (χ0) is 14.5. The first kappa shape index (κ1) is 13.4. The molecule has 5 nitrogen and oxygen atoms in total. The van der Waals surface area contributed by atoms with Gasteiger partial charge in [0, 0.05) is 18.3 Å². The second kappa shape index (κ2) is 6.26. The predicted molar refractivity (Wildman–Crippen MR) is 84.0 cm³/mol. The van der Waals surface area contributed by atoms with Crippen LogP contribution in [0.3, 0.4) is 0 Å². The molecule has 3 rings (SSSR count). The molecular formula is C16H17N5. The Labute approximate surface area is 123 Å². The van der Waals surface area contributed by atoms with E-state index in [0.717, 1.165) is 41.7 Å². The van der Waals surface area contributed by atoms with E-state index in [0.29, 0.717) is 5.82 Å². The second-order valence-corrected chi connectivity index (χ2v) is 4.83. The van der Waals surface area contributed by atoms with Crippen molar-refractivity contribution in [3.05, 3.63) is 42.7 Å². The highest BCUT2D eigenvalue weighted by Gasteiger charge is 2.07. The molecule has 0 aliphatic rings. The maximum absolute atomic E-state index is 4.58. The molecule has 0 unspecified atom stereocenters. The zero-order valence-corrected chi connectivity index (χ0v) is 12.0. The number of benzene rings is 1. The lowest BCUT2D eigenvalue weighted by Gasteiger charge is -2.07. The van der Waals surface area contributed by atoms with E-state index in [9.17, 15) is 0 Å². The molecule has 1 aromatic carbocycles. The molecule has 5 heteroatoms. The van der Waals surface area contributed by atoms with Gasteiger partial charge in [-0.25, -0.2) is 9.97 Å². The highest BCUT2D eigenvalue weighted by atomic mass is 15.2. The molecule has 0 saturated carbocycles. The number of hydrogen-bond donors (Lipinski definition) is 1. The Morgan fingerprint density at radius 3 is 2.76 bits per heavy atom. The quantitative estimate of drug-likeness (QED) is 0.726. The summed E-state index contributed by atoms with van der Waals surface area (Å²) in [6, 6.07) is 9.93. The van der Waals surface area contributed by atoms with E-state index in [-0.39, 0.29) is 0 Å². The van der Waals surface area contributed by atoms with E-state index in [1.807, 2.05) is 36.5 Å². The SMILES string of the molecule is CCCCNc1nncc2nc(-c3ccccc3)ncc12. The van der Waals surface area contributed by atoms with Crippen molar-refractivity contribution in [1.82, 2.24) is 20.2 Å². The second-order valence-electron chi connectivity index (χ2n) is 4.83. The predicted octanol–water partition coefficient (Wildman–Crippen LogP) is 3.30. The van der Waals surface area contributed by atoms with Gasteiger partial charge in [0.1, 0.15) is 0 Å². The highest BCUT2D eigenvalue weighted by molar-refractivity contribution is 5.88. The Bertz CT molecular complexity index is 727. The summed E-state index contributed by atoms with van der Waals surface area (Å²) in [7, 11) is 0. The highest BCUT2D eigenvalue weighted by Crippen LogP contribution is 2.21. The third-order valence-corrected chi connectivity index (χ3v) is 3.27. The van der Waals surface area contributed by atoms with Crippen molar-refractivity contribution in [3.8, 4) is 11.4 Å². The molecular weight excluding hydrogens is 262 g/mol. The first-order chi connectivity index (χ1) is 10.4. The number of rotatable bonds is 5. The van der Waals surface area contributed by atoms with Crippen molar-refractivity contribution in [2.24, 2.45) is 0 Å². The fourth-order valence-corrected chi connectivity index (χ4v) is 2.11. The number of unbranched alkanes of at least 4 members (excludes halogenated alkanes) is 1. The van der Waals surface area contributed by atoms with Crippen molar-refractivity contribution >= 4 is 16.7 Å². The van der Waals surface area contributed by atoms with E-state index in [1.54, 1.807) is 6.20 Å². The summed E-state index contributed by atoms with van der Waals surface area (Å²) in [5.74, 6) is 1.45. The first-order valence-electron chi connectivity index (χ1n) is 7.16. The van der Waals surface area contributed by atoms with Gasteiger partial charge in [-0.1, -0.05) is 43.7 Å². The number of nitrogens with one attached hydrogen (secondary N) is 1. The Morgan fingerprint density at radius 1 is 1.10 bits per heavy atom. The van der Waals surface area contributed by atoms with Crippen LogP contribution in [-0.2, 0) is 0 Å². The third-order valence-electron chi connectivity index (χ3n) is 3.27. The molecule has 0 saturated heterocycles. The molecule has 0 fully saturated rings. The van der Waals surface area contributed by atoms with Crippen LogP contribution in [0.15, 0.2) is 42.7 Å². The average molecular weight is 279 g/mol. The van der Waals surface area contributed by atoms with E-state index >= 15 is 0 Å². The van der Waals surface area contributed by atoms with Gasteiger partial charge in [0.15, 0.2) is 11.6 Å². The van der Waals surface area contributed by atoms with E-state index in [1.165, 1.54) is 0 Å². The van der Waals surface area contributed by atoms with E-state index in [4.69, 9.17) is 0 Å². The lowest BCUT2D eigenvalue weighted by atomic mass is 10.2. The summed E-state index contributed by atoms with van der Waals surface area (Å²) >= 11 is 0. The van der Waals surface area contributed by atoms with Gasteiger partial charge < -0.3 is 5.32 Å². The summed E-state index contributed by atoms with van der Waals surface area (Å²) in [6.45, 7) is 3.04. The Morgan fingerprint density at radius 2 is 1.95 bits per heavy atom. The molecule has 2 heterocycles. The van der Waals surface area contributed by atoms with Crippen LogP contribution in [0, 0.1) is 0 Å². The first-order valence-corrected chi connectivity index (χ1v) is 7.16. The topological polar surface area (TPSA) is 63.6 Å². The summed E-state index contributed by atoms with van der Waals surface area (Å²) < 4.78 is 0. The monoisotopic (exact) mass is 279 g/mol. The summed E-state index contributed by atoms with van der Waals surface area (Å²) in [5.41, 5.74) is 1.80. The van der Waals surface area contributed by atoms with Gasteiger partial charge >= 0.3 is 0 Å². The van der Waals surface area contributed by atoms with Crippen LogP contribution < -0.4 is 5.32 Å². The van der Waals surface area contributed by atoms with Gasteiger partial charge in [0.05, 0.1) is 17.1 Å². The van der Waals surface area contributed by atoms with Gasteiger partial charge in [-0.3, -0.25) is 0 Å². The average Bonchev–Trinajstić information content (AvgIpc) is 2.55. The number of aromatic nitrogens is 4. The Balaban J connectivity index is 1.96. The minimum absolute atomic E-state index is 0.704. The fourth-order valence-electron chi connectivity index (χ4n) is 2.11. The minimum Gasteiger partial charge on any atom is -0.368 e. The molecule has 3 aromatic rings. The Hall–Kier alpha value is -2.56. The van der Waals surface area contributed by atoms with Crippen molar-refractivity contribution in [3.63, 3.8) is 0 Å².